The average Bonchev–Trinajstić information content (AvgIpc) is 2.48. The van der Waals surface area contributed by atoms with Crippen LogP contribution in [0.15, 0.2) is 48.5 Å². The summed E-state index contributed by atoms with van der Waals surface area (Å²) in [5.74, 6) is -0.998. The van der Waals surface area contributed by atoms with Crippen LogP contribution in [0.2, 0.25) is 0 Å². The highest BCUT2D eigenvalue weighted by Crippen LogP contribution is 2.17. The quantitative estimate of drug-likeness (QED) is 0.875. The first-order valence-corrected chi connectivity index (χ1v) is 7.40. The van der Waals surface area contributed by atoms with E-state index in [0.29, 0.717) is 5.69 Å². The smallest absolute Gasteiger partial charge is 0.412 e. The second-order valence-electron chi connectivity index (χ2n) is 6.14. The van der Waals surface area contributed by atoms with Crippen LogP contribution >= 0.6 is 0 Å². The van der Waals surface area contributed by atoms with Crippen LogP contribution in [-0.2, 0) is 4.74 Å². The first-order valence-electron chi connectivity index (χ1n) is 7.40. The SMILES string of the molecule is CC(C)(C)OC(=O)Nc1cccc(C(=O)Nc2ccccc2F)c1. The van der Waals surface area contributed by atoms with E-state index in [1.54, 1.807) is 45.0 Å². The van der Waals surface area contributed by atoms with Crippen LogP contribution in [0.5, 0.6) is 0 Å². The van der Waals surface area contributed by atoms with Crippen molar-refractivity contribution in [1.29, 1.82) is 0 Å². The lowest BCUT2D eigenvalue weighted by atomic mass is 10.2. The topological polar surface area (TPSA) is 67.4 Å². The molecule has 0 aliphatic heterocycles. The van der Waals surface area contributed by atoms with Crippen LogP contribution in [0.3, 0.4) is 0 Å². The van der Waals surface area contributed by atoms with Gasteiger partial charge >= 0.3 is 6.09 Å². The number of nitrogens with one attached hydrogen (secondary N) is 2. The van der Waals surface area contributed by atoms with Crippen molar-refractivity contribution in [3.63, 3.8) is 0 Å². The van der Waals surface area contributed by atoms with E-state index in [-0.39, 0.29) is 11.3 Å². The summed E-state index contributed by atoms with van der Waals surface area (Å²) in [7, 11) is 0. The molecule has 0 heterocycles. The molecule has 0 spiro atoms. The largest absolute Gasteiger partial charge is 0.444 e. The third-order valence-corrected chi connectivity index (χ3v) is 2.89. The molecular formula is C18H19FN2O3. The molecule has 0 aliphatic rings. The standard InChI is InChI=1S/C18H19FN2O3/c1-18(2,3)24-17(23)20-13-8-6-7-12(11-13)16(22)21-15-10-5-4-9-14(15)19/h4-11H,1-3H3,(H,20,23)(H,21,22). The summed E-state index contributed by atoms with van der Waals surface area (Å²) in [6, 6.07) is 12.2. The van der Waals surface area contributed by atoms with Gasteiger partial charge in [0.2, 0.25) is 0 Å². The summed E-state index contributed by atoms with van der Waals surface area (Å²) in [6.07, 6.45) is -0.617. The van der Waals surface area contributed by atoms with Crippen molar-refractivity contribution in [2.45, 2.75) is 26.4 Å². The lowest BCUT2D eigenvalue weighted by Crippen LogP contribution is -2.27. The van der Waals surface area contributed by atoms with Crippen molar-refractivity contribution in [1.82, 2.24) is 0 Å². The zero-order valence-electron chi connectivity index (χ0n) is 13.7. The van der Waals surface area contributed by atoms with Crippen molar-refractivity contribution < 1.29 is 18.7 Å². The number of anilines is 2. The third kappa shape index (κ3) is 5.08. The molecule has 126 valence electrons. The zero-order chi connectivity index (χ0) is 17.7. The van der Waals surface area contributed by atoms with E-state index >= 15 is 0 Å². The molecule has 2 rings (SSSR count). The Labute approximate surface area is 139 Å². The number of carbonyl (C=O) groups is 2. The van der Waals surface area contributed by atoms with E-state index in [1.165, 1.54) is 24.3 Å². The molecule has 0 saturated carbocycles. The monoisotopic (exact) mass is 330 g/mol. The molecule has 24 heavy (non-hydrogen) atoms. The summed E-state index contributed by atoms with van der Waals surface area (Å²) in [5.41, 5.74) is 0.162. The van der Waals surface area contributed by atoms with Crippen LogP contribution < -0.4 is 10.6 Å². The summed E-state index contributed by atoms with van der Waals surface area (Å²) in [5, 5.41) is 5.04. The van der Waals surface area contributed by atoms with Crippen molar-refractivity contribution in [2.75, 3.05) is 10.6 Å². The number of halogens is 1. The van der Waals surface area contributed by atoms with E-state index in [4.69, 9.17) is 4.74 Å². The van der Waals surface area contributed by atoms with Crippen LogP contribution in [0, 0.1) is 5.82 Å². The number of benzene rings is 2. The van der Waals surface area contributed by atoms with Crippen LogP contribution in [0.4, 0.5) is 20.6 Å². The normalized spacial score (nSPS) is 10.8. The van der Waals surface area contributed by atoms with Crippen LogP contribution in [-0.4, -0.2) is 17.6 Å². The molecule has 2 amide bonds. The summed E-state index contributed by atoms with van der Waals surface area (Å²) < 4.78 is 18.7. The number of ether oxygens (including phenoxy) is 1. The maximum absolute atomic E-state index is 13.6. The molecular weight excluding hydrogens is 311 g/mol. The van der Waals surface area contributed by atoms with Gasteiger partial charge in [0.15, 0.2) is 0 Å². The number of hydrogen-bond acceptors (Lipinski definition) is 3. The van der Waals surface area contributed by atoms with Gasteiger partial charge in [-0.3, -0.25) is 10.1 Å². The van der Waals surface area contributed by atoms with E-state index in [2.05, 4.69) is 10.6 Å². The predicted molar refractivity (Wildman–Crippen MR) is 90.7 cm³/mol. The molecule has 5 nitrogen and oxygen atoms in total. The van der Waals surface area contributed by atoms with Gasteiger partial charge < -0.3 is 10.1 Å². The Balaban J connectivity index is 2.08. The Hall–Kier alpha value is -2.89. The fraction of sp³-hybridized carbons (Fsp3) is 0.222. The molecule has 2 aromatic carbocycles. The van der Waals surface area contributed by atoms with E-state index in [9.17, 15) is 14.0 Å². The van der Waals surface area contributed by atoms with Gasteiger partial charge in [0.25, 0.3) is 5.91 Å². The van der Waals surface area contributed by atoms with E-state index < -0.39 is 23.4 Å². The van der Waals surface area contributed by atoms with E-state index in [0.717, 1.165) is 0 Å². The molecule has 0 radical (unpaired) electrons. The van der Waals surface area contributed by atoms with Crippen molar-refractivity contribution in [2.24, 2.45) is 0 Å². The molecule has 0 atom stereocenters. The lowest BCUT2D eigenvalue weighted by molar-refractivity contribution is 0.0635. The minimum Gasteiger partial charge on any atom is -0.444 e. The third-order valence-electron chi connectivity index (χ3n) is 2.89. The average molecular weight is 330 g/mol. The Bertz CT molecular complexity index is 754. The van der Waals surface area contributed by atoms with Gasteiger partial charge in [0, 0.05) is 11.3 Å². The van der Waals surface area contributed by atoms with Crippen molar-refractivity contribution in [3.05, 3.63) is 59.9 Å². The molecule has 0 saturated heterocycles. The fourth-order valence-electron chi connectivity index (χ4n) is 1.92. The maximum atomic E-state index is 13.6. The summed E-state index contributed by atoms with van der Waals surface area (Å²) in [4.78, 5) is 24.0. The van der Waals surface area contributed by atoms with Gasteiger partial charge in [-0.25, -0.2) is 9.18 Å². The highest BCUT2D eigenvalue weighted by atomic mass is 19.1. The van der Waals surface area contributed by atoms with Crippen LogP contribution in [0.1, 0.15) is 31.1 Å². The number of hydrogen-bond donors (Lipinski definition) is 2. The van der Waals surface area contributed by atoms with Gasteiger partial charge in [-0.1, -0.05) is 18.2 Å². The maximum Gasteiger partial charge on any atom is 0.412 e. The lowest BCUT2D eigenvalue weighted by Gasteiger charge is -2.19. The second-order valence-corrected chi connectivity index (χ2v) is 6.14. The van der Waals surface area contributed by atoms with Gasteiger partial charge in [-0.2, -0.15) is 0 Å². The highest BCUT2D eigenvalue weighted by Gasteiger charge is 2.16. The predicted octanol–water partition coefficient (Wildman–Crippen LogP) is 4.43. The number of para-hydroxylation sites is 1. The Morgan fingerprint density at radius 3 is 2.38 bits per heavy atom. The minimum atomic E-state index is -0.621. The molecule has 2 aromatic rings. The first-order chi connectivity index (χ1) is 11.2. The van der Waals surface area contributed by atoms with Gasteiger partial charge in [0.1, 0.15) is 11.4 Å². The minimum absolute atomic E-state index is 0.0907. The highest BCUT2D eigenvalue weighted by molar-refractivity contribution is 6.05. The molecule has 0 aliphatic carbocycles. The Morgan fingerprint density at radius 1 is 1.00 bits per heavy atom. The first kappa shape index (κ1) is 17.5. The Morgan fingerprint density at radius 2 is 1.71 bits per heavy atom. The van der Waals surface area contributed by atoms with Gasteiger partial charge in [-0.05, 0) is 51.1 Å². The number of carbonyl (C=O) groups excluding carboxylic acids is 2. The van der Waals surface area contributed by atoms with Crippen molar-refractivity contribution in [3.8, 4) is 0 Å². The van der Waals surface area contributed by atoms with Gasteiger partial charge in [0.05, 0.1) is 5.69 Å². The molecule has 6 heteroatoms. The molecule has 0 fully saturated rings. The fourth-order valence-corrected chi connectivity index (χ4v) is 1.92. The number of amides is 2. The molecule has 2 N–H and O–H groups in total. The second kappa shape index (κ2) is 7.12. The molecule has 0 bridgehead atoms. The van der Waals surface area contributed by atoms with E-state index in [1.807, 2.05) is 0 Å². The Kier molecular flexibility index (Phi) is 5.18. The summed E-state index contributed by atoms with van der Waals surface area (Å²) >= 11 is 0. The van der Waals surface area contributed by atoms with Gasteiger partial charge in [-0.15, -0.1) is 0 Å². The zero-order valence-corrected chi connectivity index (χ0v) is 13.7. The molecule has 0 aromatic heterocycles. The number of rotatable bonds is 3. The summed E-state index contributed by atoms with van der Waals surface area (Å²) in [6.45, 7) is 5.26. The molecule has 0 unspecified atom stereocenters. The van der Waals surface area contributed by atoms with Crippen molar-refractivity contribution >= 4 is 23.4 Å². The van der Waals surface area contributed by atoms with Crippen LogP contribution in [0.25, 0.3) is 0 Å².